The zero-order valence-corrected chi connectivity index (χ0v) is 23.7. The topological polar surface area (TPSA) is 102 Å². The fourth-order valence-electron chi connectivity index (χ4n) is 5.56. The van der Waals surface area contributed by atoms with E-state index in [1.54, 1.807) is 37.5 Å². The van der Waals surface area contributed by atoms with Crippen molar-refractivity contribution in [2.45, 2.75) is 56.1 Å². The summed E-state index contributed by atoms with van der Waals surface area (Å²) in [6, 6.07) is 15.4. The Hall–Kier alpha value is -3.66. The largest absolute Gasteiger partial charge is 0.494 e. The van der Waals surface area contributed by atoms with Crippen LogP contribution < -0.4 is 9.64 Å². The Labute approximate surface area is 235 Å². The van der Waals surface area contributed by atoms with Gasteiger partial charge in [0.25, 0.3) is 5.91 Å². The summed E-state index contributed by atoms with van der Waals surface area (Å²) in [4.78, 5) is 33.6. The predicted molar refractivity (Wildman–Crippen MR) is 152 cm³/mol. The monoisotopic (exact) mass is 564 g/mol. The number of sulfone groups is 1. The first-order valence-electron chi connectivity index (χ1n) is 14.0. The number of ether oxygens (including phenoxy) is 1. The van der Waals surface area contributed by atoms with Crippen molar-refractivity contribution in [3.8, 4) is 5.75 Å². The Morgan fingerprint density at radius 3 is 2.48 bits per heavy atom. The fourth-order valence-corrected chi connectivity index (χ4v) is 7.05. The minimum atomic E-state index is -3.37. The number of imidazole rings is 1. The average molecular weight is 565 g/mol. The van der Waals surface area contributed by atoms with Crippen molar-refractivity contribution in [3.63, 3.8) is 0 Å². The lowest BCUT2D eigenvalue weighted by Gasteiger charge is -2.41. The molecule has 5 rings (SSSR count). The van der Waals surface area contributed by atoms with Crippen LogP contribution in [0.5, 0.6) is 5.75 Å². The van der Waals surface area contributed by atoms with Gasteiger partial charge in [-0.2, -0.15) is 0 Å². The van der Waals surface area contributed by atoms with Gasteiger partial charge in [-0.3, -0.25) is 9.59 Å². The number of para-hydroxylation sites is 1. The lowest BCUT2D eigenvalue weighted by molar-refractivity contribution is -0.119. The van der Waals surface area contributed by atoms with Gasteiger partial charge in [0, 0.05) is 56.2 Å². The number of amides is 2. The molecule has 40 heavy (non-hydrogen) atoms. The number of fused-ring (bicyclic) bond motifs is 1. The number of anilines is 1. The van der Waals surface area contributed by atoms with Crippen LogP contribution in [0, 0.1) is 0 Å². The Balaban J connectivity index is 1.05. The van der Waals surface area contributed by atoms with Gasteiger partial charge in [0.2, 0.25) is 20.9 Å². The number of rotatable bonds is 10. The molecule has 2 aromatic carbocycles. The number of likely N-dealkylation sites (tertiary alicyclic amines) is 1. The molecule has 0 saturated carbocycles. The number of unbranched alkanes of at least 4 members (excludes halogenated alkanes) is 2. The molecule has 0 N–H and O–H groups in total. The lowest BCUT2D eigenvalue weighted by atomic mass is 9.95. The van der Waals surface area contributed by atoms with Gasteiger partial charge in [0.1, 0.15) is 5.75 Å². The van der Waals surface area contributed by atoms with Gasteiger partial charge in [-0.15, -0.1) is 0 Å². The van der Waals surface area contributed by atoms with Crippen LogP contribution in [-0.2, 0) is 28.1 Å². The molecule has 1 saturated heterocycles. The van der Waals surface area contributed by atoms with Crippen LogP contribution in [0.3, 0.4) is 0 Å². The molecular weight excluding hydrogens is 528 g/mol. The summed E-state index contributed by atoms with van der Waals surface area (Å²) in [5.74, 6) is 0.907. The molecule has 1 fully saturated rings. The standard InChI is InChI=1S/C30H36N4O5S/c1-32-20-17-31-30(32)40(37,38)22-6-2-5-21-39-26-12-9-24(10-13-26)29(36)33-18-15-25(16-19-33)34-27-8-4-3-7-23(27)11-14-28(34)35/h3-4,7-10,12-13,17,20,25H,2,5-6,11,14-16,18-19,21-22H2,1H3. The van der Waals surface area contributed by atoms with Crippen molar-refractivity contribution < 1.29 is 22.7 Å². The van der Waals surface area contributed by atoms with E-state index in [9.17, 15) is 18.0 Å². The summed E-state index contributed by atoms with van der Waals surface area (Å²) in [5, 5.41) is 0.102. The SMILES string of the molecule is Cn1ccnc1S(=O)(=O)CCCCCOc1ccc(C(=O)N2CCC(N3C(=O)CCc4ccccc43)CC2)cc1. The summed E-state index contributed by atoms with van der Waals surface area (Å²) < 4.78 is 32.0. The van der Waals surface area contributed by atoms with Gasteiger partial charge < -0.3 is 19.1 Å². The second-order valence-electron chi connectivity index (χ2n) is 10.5. The van der Waals surface area contributed by atoms with E-state index < -0.39 is 9.84 Å². The third kappa shape index (κ3) is 6.22. The van der Waals surface area contributed by atoms with Crippen molar-refractivity contribution in [1.29, 1.82) is 0 Å². The Kier molecular flexibility index (Phi) is 8.54. The highest BCUT2D eigenvalue weighted by Crippen LogP contribution is 2.32. The molecule has 212 valence electrons. The van der Waals surface area contributed by atoms with Gasteiger partial charge in [-0.25, -0.2) is 13.4 Å². The van der Waals surface area contributed by atoms with Crippen molar-refractivity contribution in [2.75, 3.05) is 30.3 Å². The van der Waals surface area contributed by atoms with Crippen LogP contribution in [-0.4, -0.2) is 66.2 Å². The normalized spacial score (nSPS) is 16.2. The van der Waals surface area contributed by atoms with Crippen molar-refractivity contribution in [1.82, 2.24) is 14.5 Å². The van der Waals surface area contributed by atoms with Gasteiger partial charge in [-0.05, 0) is 74.4 Å². The molecule has 0 radical (unpaired) electrons. The maximum absolute atomic E-state index is 13.1. The number of aryl methyl sites for hydroxylation is 2. The molecule has 2 aliphatic heterocycles. The molecule has 1 aromatic heterocycles. The highest BCUT2D eigenvalue weighted by atomic mass is 32.2. The Morgan fingerprint density at radius 1 is 1.00 bits per heavy atom. The Bertz CT molecular complexity index is 1440. The van der Waals surface area contributed by atoms with E-state index in [4.69, 9.17) is 4.74 Å². The summed E-state index contributed by atoms with van der Waals surface area (Å²) in [6.07, 6.45) is 7.96. The van der Waals surface area contributed by atoms with E-state index in [2.05, 4.69) is 11.1 Å². The van der Waals surface area contributed by atoms with Crippen molar-refractivity contribution in [2.24, 2.45) is 7.05 Å². The molecule has 3 heterocycles. The number of piperidine rings is 1. The molecular formula is C30H36N4O5S. The number of benzene rings is 2. The summed E-state index contributed by atoms with van der Waals surface area (Å²) in [5.41, 5.74) is 2.86. The summed E-state index contributed by atoms with van der Waals surface area (Å²) in [6.45, 7) is 1.70. The first kappa shape index (κ1) is 27.9. The fraction of sp³-hybridized carbons (Fsp3) is 0.433. The van der Waals surface area contributed by atoms with Crippen LogP contribution in [0.2, 0.25) is 0 Å². The molecule has 0 bridgehead atoms. The van der Waals surface area contributed by atoms with Crippen LogP contribution in [0.25, 0.3) is 0 Å². The maximum Gasteiger partial charge on any atom is 0.253 e. The second kappa shape index (κ2) is 12.2. The number of aromatic nitrogens is 2. The zero-order chi connectivity index (χ0) is 28.1. The van der Waals surface area contributed by atoms with Gasteiger partial charge >= 0.3 is 0 Å². The smallest absolute Gasteiger partial charge is 0.253 e. The van der Waals surface area contributed by atoms with E-state index >= 15 is 0 Å². The molecule has 2 amide bonds. The molecule has 3 aromatic rings. The van der Waals surface area contributed by atoms with E-state index in [0.717, 1.165) is 37.8 Å². The van der Waals surface area contributed by atoms with Crippen LogP contribution in [0.4, 0.5) is 5.69 Å². The maximum atomic E-state index is 13.1. The number of nitrogens with zero attached hydrogens (tertiary/aromatic N) is 4. The summed E-state index contributed by atoms with van der Waals surface area (Å²) >= 11 is 0. The second-order valence-corrected chi connectivity index (χ2v) is 12.5. The first-order valence-corrected chi connectivity index (χ1v) is 15.6. The van der Waals surface area contributed by atoms with E-state index in [-0.39, 0.29) is 28.8 Å². The molecule has 0 spiro atoms. The molecule has 9 nitrogen and oxygen atoms in total. The van der Waals surface area contributed by atoms with Gasteiger partial charge in [0.15, 0.2) is 0 Å². The number of carbonyl (C=O) groups excluding carboxylic acids is 2. The van der Waals surface area contributed by atoms with Gasteiger partial charge in [0.05, 0.1) is 12.4 Å². The number of carbonyl (C=O) groups is 2. The number of hydrogen-bond acceptors (Lipinski definition) is 6. The van der Waals surface area contributed by atoms with Crippen LogP contribution in [0.15, 0.2) is 66.1 Å². The first-order chi connectivity index (χ1) is 19.3. The van der Waals surface area contributed by atoms with Crippen LogP contribution in [0.1, 0.15) is 54.4 Å². The number of hydrogen-bond donors (Lipinski definition) is 0. The predicted octanol–water partition coefficient (Wildman–Crippen LogP) is 4.03. The average Bonchev–Trinajstić information content (AvgIpc) is 3.42. The quantitative estimate of drug-likeness (QED) is 0.345. The zero-order valence-electron chi connectivity index (χ0n) is 22.9. The van der Waals surface area contributed by atoms with Crippen LogP contribution >= 0.6 is 0 Å². The highest BCUT2D eigenvalue weighted by Gasteiger charge is 2.33. The summed E-state index contributed by atoms with van der Waals surface area (Å²) in [7, 11) is -1.70. The van der Waals surface area contributed by atoms with Gasteiger partial charge in [-0.1, -0.05) is 18.2 Å². The third-order valence-corrected chi connectivity index (χ3v) is 9.50. The molecule has 0 aliphatic carbocycles. The molecule has 10 heteroatoms. The third-order valence-electron chi connectivity index (χ3n) is 7.73. The lowest BCUT2D eigenvalue weighted by Crippen LogP contribution is -2.50. The minimum absolute atomic E-state index is 0.00991. The van der Waals surface area contributed by atoms with E-state index in [1.165, 1.54) is 16.3 Å². The highest BCUT2D eigenvalue weighted by molar-refractivity contribution is 7.91. The molecule has 0 unspecified atom stereocenters. The molecule has 2 aliphatic rings. The van der Waals surface area contributed by atoms with E-state index in [0.29, 0.717) is 43.9 Å². The van der Waals surface area contributed by atoms with Crippen molar-refractivity contribution in [3.05, 3.63) is 72.1 Å². The Morgan fingerprint density at radius 2 is 1.75 bits per heavy atom. The molecule has 0 atom stereocenters. The van der Waals surface area contributed by atoms with E-state index in [1.807, 2.05) is 28.0 Å². The minimum Gasteiger partial charge on any atom is -0.494 e. The van der Waals surface area contributed by atoms with Crippen molar-refractivity contribution >= 4 is 27.3 Å².